The number of halogens is 1. The molecule has 2 N–H and O–H groups in total. The number of hydrogen-bond donors (Lipinski definition) is 2. The summed E-state index contributed by atoms with van der Waals surface area (Å²) in [7, 11) is 1.69. The van der Waals surface area contributed by atoms with Crippen molar-refractivity contribution < 1.29 is 13.9 Å². The van der Waals surface area contributed by atoms with E-state index >= 15 is 0 Å². The van der Waals surface area contributed by atoms with Gasteiger partial charge in [0.2, 0.25) is 0 Å². The maximum Gasteiger partial charge on any atom is 0.191 e. The molecule has 30 heavy (non-hydrogen) atoms. The summed E-state index contributed by atoms with van der Waals surface area (Å²) >= 11 is 0. The number of morpholine rings is 1. The van der Waals surface area contributed by atoms with Gasteiger partial charge >= 0.3 is 0 Å². The number of nitrogens with one attached hydrogen (secondary N) is 2. The molecule has 1 fully saturated rings. The average molecular weight is 528 g/mol. The largest absolute Gasteiger partial charge is 0.497 e. The highest BCUT2D eigenvalue weighted by Crippen LogP contribution is 2.24. The third kappa shape index (κ3) is 7.48. The molecule has 0 radical (unpaired) electrons. The second-order valence-electron chi connectivity index (χ2n) is 6.91. The lowest BCUT2D eigenvalue weighted by Gasteiger charge is -2.34. The molecule has 166 valence electrons. The highest BCUT2D eigenvalue weighted by Gasteiger charge is 2.22. The van der Waals surface area contributed by atoms with Crippen LogP contribution in [0.2, 0.25) is 0 Å². The zero-order valence-electron chi connectivity index (χ0n) is 17.8. The number of guanidine groups is 1. The maximum absolute atomic E-state index is 5.54. The van der Waals surface area contributed by atoms with Crippen molar-refractivity contribution in [2.75, 3.05) is 53.0 Å². The SMILES string of the molecule is CCNC(=NCC(c1ccc(OC)cc1)N1CCOCC1)NCCc1ccco1.I. The predicted octanol–water partition coefficient (Wildman–Crippen LogP) is 3.08. The van der Waals surface area contributed by atoms with Gasteiger partial charge in [-0.1, -0.05) is 12.1 Å². The third-order valence-electron chi connectivity index (χ3n) is 5.00. The molecule has 0 spiro atoms. The smallest absolute Gasteiger partial charge is 0.191 e. The molecule has 0 aliphatic carbocycles. The van der Waals surface area contributed by atoms with Gasteiger partial charge < -0.3 is 24.5 Å². The first-order valence-corrected chi connectivity index (χ1v) is 10.3. The molecular formula is C22H33IN4O3. The number of rotatable bonds is 9. The molecule has 2 heterocycles. The van der Waals surface area contributed by atoms with Gasteiger partial charge in [-0.2, -0.15) is 0 Å². The molecular weight excluding hydrogens is 495 g/mol. The molecule has 0 bridgehead atoms. The summed E-state index contributed by atoms with van der Waals surface area (Å²) in [5, 5.41) is 6.74. The van der Waals surface area contributed by atoms with Crippen molar-refractivity contribution in [1.29, 1.82) is 0 Å². The van der Waals surface area contributed by atoms with Crippen LogP contribution in [0.15, 0.2) is 52.1 Å². The Labute approximate surface area is 196 Å². The van der Waals surface area contributed by atoms with E-state index in [4.69, 9.17) is 18.9 Å². The molecule has 3 rings (SSSR count). The van der Waals surface area contributed by atoms with Gasteiger partial charge in [0.1, 0.15) is 11.5 Å². The van der Waals surface area contributed by atoms with Crippen LogP contribution in [0.3, 0.4) is 0 Å². The molecule has 1 saturated heterocycles. The molecule has 1 aromatic heterocycles. The van der Waals surface area contributed by atoms with Crippen molar-refractivity contribution >= 4 is 29.9 Å². The van der Waals surface area contributed by atoms with Gasteiger partial charge in [0.25, 0.3) is 0 Å². The number of hydrogen-bond acceptors (Lipinski definition) is 5. The second kappa shape index (κ2) is 13.5. The average Bonchev–Trinajstić information content (AvgIpc) is 3.28. The highest BCUT2D eigenvalue weighted by atomic mass is 127. The van der Waals surface area contributed by atoms with E-state index < -0.39 is 0 Å². The molecule has 8 heteroatoms. The van der Waals surface area contributed by atoms with E-state index in [1.54, 1.807) is 13.4 Å². The second-order valence-corrected chi connectivity index (χ2v) is 6.91. The Kier molecular flexibility index (Phi) is 11.0. The van der Waals surface area contributed by atoms with E-state index in [1.807, 2.05) is 24.3 Å². The van der Waals surface area contributed by atoms with Crippen LogP contribution >= 0.6 is 24.0 Å². The quantitative estimate of drug-likeness (QED) is 0.296. The Balaban J connectivity index is 0.00000320. The lowest BCUT2D eigenvalue weighted by Crippen LogP contribution is -2.42. The van der Waals surface area contributed by atoms with Crippen LogP contribution in [0.4, 0.5) is 0 Å². The number of benzene rings is 1. The summed E-state index contributed by atoms with van der Waals surface area (Å²) in [6, 6.07) is 12.4. The van der Waals surface area contributed by atoms with E-state index in [-0.39, 0.29) is 30.0 Å². The number of nitrogens with zero attached hydrogens (tertiary/aromatic N) is 2. The van der Waals surface area contributed by atoms with Crippen LogP contribution in [0.5, 0.6) is 5.75 Å². The van der Waals surface area contributed by atoms with Gasteiger partial charge in [-0.15, -0.1) is 24.0 Å². The molecule has 1 aromatic carbocycles. The number of ether oxygens (including phenoxy) is 2. The van der Waals surface area contributed by atoms with E-state index in [9.17, 15) is 0 Å². The molecule has 0 saturated carbocycles. The summed E-state index contributed by atoms with van der Waals surface area (Å²) in [5.41, 5.74) is 1.24. The maximum atomic E-state index is 5.54. The van der Waals surface area contributed by atoms with Crippen LogP contribution in [0.25, 0.3) is 0 Å². The lowest BCUT2D eigenvalue weighted by molar-refractivity contribution is 0.0179. The van der Waals surface area contributed by atoms with Gasteiger partial charge in [0.15, 0.2) is 5.96 Å². The number of aliphatic imine (C=N–C) groups is 1. The summed E-state index contributed by atoms with van der Waals surface area (Å²) in [5.74, 6) is 2.66. The molecule has 2 aromatic rings. The van der Waals surface area contributed by atoms with Gasteiger partial charge in [-0.05, 0) is 36.8 Å². The van der Waals surface area contributed by atoms with Crippen LogP contribution in [-0.2, 0) is 11.2 Å². The first-order chi connectivity index (χ1) is 14.3. The molecule has 1 aliphatic rings. The Morgan fingerprint density at radius 3 is 2.57 bits per heavy atom. The predicted molar refractivity (Wildman–Crippen MR) is 130 cm³/mol. The van der Waals surface area contributed by atoms with E-state index in [0.29, 0.717) is 6.54 Å². The zero-order valence-corrected chi connectivity index (χ0v) is 20.1. The number of furan rings is 1. The van der Waals surface area contributed by atoms with Gasteiger partial charge in [0.05, 0.1) is 39.2 Å². The minimum absolute atomic E-state index is 0. The molecule has 0 amide bonds. The fraction of sp³-hybridized carbons (Fsp3) is 0.500. The third-order valence-corrected chi connectivity index (χ3v) is 5.00. The van der Waals surface area contributed by atoms with Crippen molar-refractivity contribution in [1.82, 2.24) is 15.5 Å². The van der Waals surface area contributed by atoms with Crippen LogP contribution in [0, 0.1) is 0 Å². The van der Waals surface area contributed by atoms with E-state index in [2.05, 4.69) is 34.6 Å². The topological polar surface area (TPSA) is 71.3 Å². The summed E-state index contributed by atoms with van der Waals surface area (Å²) < 4.78 is 16.3. The van der Waals surface area contributed by atoms with Crippen LogP contribution in [0.1, 0.15) is 24.3 Å². The fourth-order valence-electron chi connectivity index (χ4n) is 3.43. The van der Waals surface area contributed by atoms with Crippen molar-refractivity contribution in [3.05, 3.63) is 54.0 Å². The van der Waals surface area contributed by atoms with Gasteiger partial charge in [-0.3, -0.25) is 9.89 Å². The van der Waals surface area contributed by atoms with Gasteiger partial charge in [-0.25, -0.2) is 0 Å². The highest BCUT2D eigenvalue weighted by molar-refractivity contribution is 14.0. The Morgan fingerprint density at radius 1 is 1.17 bits per heavy atom. The summed E-state index contributed by atoms with van der Waals surface area (Å²) in [4.78, 5) is 7.32. The molecule has 1 atom stereocenters. The van der Waals surface area contributed by atoms with E-state index in [0.717, 1.165) is 63.3 Å². The first kappa shape index (κ1) is 24.5. The minimum atomic E-state index is 0. The monoisotopic (exact) mass is 528 g/mol. The van der Waals surface area contributed by atoms with Crippen LogP contribution in [-0.4, -0.2) is 63.9 Å². The number of methoxy groups -OCH3 is 1. The van der Waals surface area contributed by atoms with Gasteiger partial charge in [0, 0.05) is 32.6 Å². The molecule has 7 nitrogen and oxygen atoms in total. The Morgan fingerprint density at radius 2 is 1.93 bits per heavy atom. The first-order valence-electron chi connectivity index (χ1n) is 10.3. The van der Waals surface area contributed by atoms with E-state index in [1.165, 1.54) is 5.56 Å². The minimum Gasteiger partial charge on any atom is -0.497 e. The van der Waals surface area contributed by atoms with Crippen molar-refractivity contribution in [3.8, 4) is 5.75 Å². The Hall–Kier alpha value is -1.78. The molecule has 1 aliphatic heterocycles. The van der Waals surface area contributed by atoms with Crippen LogP contribution < -0.4 is 15.4 Å². The fourth-order valence-corrected chi connectivity index (χ4v) is 3.43. The normalized spacial score (nSPS) is 15.9. The van der Waals surface area contributed by atoms with Crippen molar-refractivity contribution in [2.24, 2.45) is 4.99 Å². The zero-order chi connectivity index (χ0) is 20.3. The molecule has 1 unspecified atom stereocenters. The van der Waals surface area contributed by atoms with Crippen molar-refractivity contribution in [2.45, 2.75) is 19.4 Å². The summed E-state index contributed by atoms with van der Waals surface area (Å²) in [6.07, 6.45) is 2.53. The summed E-state index contributed by atoms with van der Waals surface area (Å²) in [6.45, 7) is 7.68. The lowest BCUT2D eigenvalue weighted by atomic mass is 10.0. The Bertz CT molecular complexity index is 731. The van der Waals surface area contributed by atoms with Crippen molar-refractivity contribution in [3.63, 3.8) is 0 Å². The standard InChI is InChI=1S/C22H32N4O3.HI/c1-3-23-22(24-11-10-20-5-4-14-29-20)25-17-21(26-12-15-28-16-13-26)18-6-8-19(27-2)9-7-18;/h4-9,14,21H,3,10-13,15-17H2,1-2H3,(H2,23,24,25);1H.